The molecule has 0 spiro atoms. The minimum absolute atomic E-state index is 0.293. The van der Waals surface area contributed by atoms with Crippen molar-refractivity contribution in [1.82, 2.24) is 5.32 Å². The number of nitrogens with two attached hydrogens (primary N) is 4. The zero-order valence-corrected chi connectivity index (χ0v) is 8.61. The maximum Gasteiger partial charge on any atom is 0.216 e. The Morgan fingerprint density at radius 3 is 2.27 bits per heavy atom. The predicted molar refractivity (Wildman–Crippen MR) is 56.4 cm³/mol. The first-order valence-electron chi connectivity index (χ1n) is 4.76. The molecule has 7 nitrogen and oxygen atoms in total. The van der Waals surface area contributed by atoms with Crippen molar-refractivity contribution >= 4 is 11.6 Å². The molecule has 0 aliphatic carbocycles. The van der Waals surface area contributed by atoms with Crippen molar-refractivity contribution in [2.24, 2.45) is 22.9 Å². The third kappa shape index (κ3) is 6.26. The van der Waals surface area contributed by atoms with Crippen molar-refractivity contribution in [2.75, 3.05) is 13.1 Å². The maximum absolute atomic E-state index is 11.2. The molecule has 0 amide bonds. The molecule has 0 aromatic rings. The van der Waals surface area contributed by atoms with Crippen LogP contribution in [-0.4, -0.2) is 37.0 Å². The van der Waals surface area contributed by atoms with Gasteiger partial charge in [0.25, 0.3) is 0 Å². The van der Waals surface area contributed by atoms with Crippen LogP contribution in [0.2, 0.25) is 0 Å². The molecule has 0 heterocycles. The van der Waals surface area contributed by atoms with E-state index in [0.717, 1.165) is 0 Å². The molecule has 0 aliphatic rings. The third-order valence-corrected chi connectivity index (χ3v) is 1.87. The molecular formula is C8H19N5O2. The van der Waals surface area contributed by atoms with E-state index in [4.69, 9.17) is 22.9 Å². The summed E-state index contributed by atoms with van der Waals surface area (Å²) in [6.07, 6.45) is 0.447. The molecule has 7 heteroatoms. The summed E-state index contributed by atoms with van der Waals surface area (Å²) in [5, 5.41) is 2.76. The van der Waals surface area contributed by atoms with E-state index in [0.29, 0.717) is 19.4 Å². The Labute approximate surface area is 88.5 Å². The highest BCUT2D eigenvalue weighted by Crippen LogP contribution is 1.95. The average Bonchev–Trinajstić information content (AvgIpc) is 2.21. The normalized spacial score (nSPS) is 12.9. The summed E-state index contributed by atoms with van der Waals surface area (Å²) in [4.78, 5) is 22.1. The predicted octanol–water partition coefficient (Wildman–Crippen LogP) is -3.02. The highest BCUT2D eigenvalue weighted by atomic mass is 16.2. The molecule has 9 N–H and O–H groups in total. The van der Waals surface area contributed by atoms with Crippen molar-refractivity contribution in [1.29, 1.82) is 0 Å². The number of ketones is 2. The molecule has 0 aliphatic heterocycles. The van der Waals surface area contributed by atoms with E-state index in [1.165, 1.54) is 0 Å². The highest BCUT2D eigenvalue weighted by molar-refractivity contribution is 6.39. The van der Waals surface area contributed by atoms with Crippen LogP contribution in [0, 0.1) is 0 Å². The minimum atomic E-state index is -0.781. The molecule has 0 fully saturated rings. The van der Waals surface area contributed by atoms with Gasteiger partial charge in [0.1, 0.15) is 6.29 Å². The second-order valence-corrected chi connectivity index (χ2v) is 3.22. The van der Waals surface area contributed by atoms with Gasteiger partial charge in [-0.05, 0) is 19.4 Å². The second kappa shape index (κ2) is 7.43. The van der Waals surface area contributed by atoms with E-state index in [-0.39, 0.29) is 6.54 Å². The molecule has 0 aromatic heterocycles. The lowest BCUT2D eigenvalue weighted by molar-refractivity contribution is -0.136. The van der Waals surface area contributed by atoms with E-state index in [1.807, 2.05) is 0 Å². The van der Waals surface area contributed by atoms with Crippen molar-refractivity contribution < 1.29 is 9.59 Å². The van der Waals surface area contributed by atoms with Gasteiger partial charge >= 0.3 is 0 Å². The van der Waals surface area contributed by atoms with Crippen LogP contribution in [-0.2, 0) is 9.59 Å². The Hall–Kier alpha value is -0.860. The molecule has 0 saturated carbocycles. The summed E-state index contributed by atoms with van der Waals surface area (Å²) >= 11 is 0. The van der Waals surface area contributed by atoms with Gasteiger partial charge in [0.2, 0.25) is 11.6 Å². The maximum atomic E-state index is 11.2. The summed E-state index contributed by atoms with van der Waals surface area (Å²) in [7, 11) is 0. The van der Waals surface area contributed by atoms with Crippen LogP contribution in [0.1, 0.15) is 12.8 Å². The van der Waals surface area contributed by atoms with Crippen LogP contribution in [0.25, 0.3) is 0 Å². The van der Waals surface area contributed by atoms with Gasteiger partial charge in [-0.2, -0.15) is 0 Å². The monoisotopic (exact) mass is 217 g/mol. The number of rotatable bonds is 8. The van der Waals surface area contributed by atoms with Gasteiger partial charge < -0.3 is 22.9 Å². The Kier molecular flexibility index (Phi) is 7.01. The molecule has 0 aromatic carbocycles. The van der Waals surface area contributed by atoms with Crippen LogP contribution < -0.4 is 28.3 Å². The van der Waals surface area contributed by atoms with Crippen LogP contribution >= 0.6 is 0 Å². The molecule has 0 bridgehead atoms. The van der Waals surface area contributed by atoms with Crippen LogP contribution in [0.5, 0.6) is 0 Å². The Morgan fingerprint density at radius 2 is 1.80 bits per heavy atom. The zero-order valence-electron chi connectivity index (χ0n) is 8.61. The Balaban J connectivity index is 3.69. The van der Waals surface area contributed by atoms with Crippen molar-refractivity contribution in [3.8, 4) is 0 Å². The van der Waals surface area contributed by atoms with Gasteiger partial charge in [0.05, 0.1) is 12.6 Å². The number of Topliss-reactive ketones (excluding diaryl/α,β-unsaturated/α-hetero) is 2. The zero-order chi connectivity index (χ0) is 11.8. The number of carbonyl (C=O) groups is 2. The topological polar surface area (TPSA) is 150 Å². The van der Waals surface area contributed by atoms with Crippen LogP contribution in [0.15, 0.2) is 0 Å². The molecule has 15 heavy (non-hydrogen) atoms. The van der Waals surface area contributed by atoms with Crippen LogP contribution in [0.3, 0.4) is 0 Å². The smallest absolute Gasteiger partial charge is 0.216 e. The van der Waals surface area contributed by atoms with Crippen LogP contribution in [0.4, 0.5) is 0 Å². The lowest BCUT2D eigenvalue weighted by Crippen LogP contribution is -2.46. The first kappa shape index (κ1) is 14.1. The Bertz CT molecular complexity index is 219. The molecule has 88 valence electrons. The SMILES string of the molecule is NCC(=O)C(=O)[C@@H](N)CCCNC(N)N. The van der Waals surface area contributed by atoms with Crippen molar-refractivity contribution in [3.05, 3.63) is 0 Å². The van der Waals surface area contributed by atoms with Gasteiger partial charge in [-0.1, -0.05) is 0 Å². The summed E-state index contributed by atoms with van der Waals surface area (Å²) in [6, 6.07) is -0.781. The fourth-order valence-electron chi connectivity index (χ4n) is 1.03. The van der Waals surface area contributed by atoms with Crippen molar-refractivity contribution in [2.45, 2.75) is 25.2 Å². The molecular weight excluding hydrogens is 198 g/mol. The lowest BCUT2D eigenvalue weighted by Gasteiger charge is -2.11. The lowest BCUT2D eigenvalue weighted by atomic mass is 10.0. The first-order valence-corrected chi connectivity index (χ1v) is 4.76. The van der Waals surface area contributed by atoms with E-state index < -0.39 is 23.9 Å². The van der Waals surface area contributed by atoms with Gasteiger partial charge in [-0.15, -0.1) is 0 Å². The quantitative estimate of drug-likeness (QED) is 0.165. The number of hydrogen-bond donors (Lipinski definition) is 5. The molecule has 0 unspecified atom stereocenters. The standard InChI is InChI=1S/C8H19N5O2/c9-4-6(14)7(15)5(10)2-1-3-13-8(11)12/h5,8,13H,1-4,9-12H2/t5-/m0/s1. The number of hydrogen-bond acceptors (Lipinski definition) is 7. The summed E-state index contributed by atoms with van der Waals surface area (Å²) in [5.41, 5.74) is 21.0. The summed E-state index contributed by atoms with van der Waals surface area (Å²) in [5.74, 6) is -1.25. The van der Waals surface area contributed by atoms with E-state index in [9.17, 15) is 9.59 Å². The fraction of sp³-hybridized carbons (Fsp3) is 0.750. The summed E-state index contributed by atoms with van der Waals surface area (Å²) < 4.78 is 0. The van der Waals surface area contributed by atoms with Gasteiger partial charge in [0.15, 0.2) is 0 Å². The minimum Gasteiger partial charge on any atom is -0.324 e. The highest BCUT2D eigenvalue weighted by Gasteiger charge is 2.19. The van der Waals surface area contributed by atoms with Gasteiger partial charge in [-0.3, -0.25) is 14.9 Å². The fourth-order valence-corrected chi connectivity index (χ4v) is 1.03. The van der Waals surface area contributed by atoms with Gasteiger partial charge in [0, 0.05) is 0 Å². The second-order valence-electron chi connectivity index (χ2n) is 3.22. The van der Waals surface area contributed by atoms with E-state index >= 15 is 0 Å². The molecule has 0 radical (unpaired) electrons. The molecule has 0 rings (SSSR count). The number of nitrogens with one attached hydrogen (secondary N) is 1. The molecule has 0 saturated heterocycles. The Morgan fingerprint density at radius 1 is 1.20 bits per heavy atom. The average molecular weight is 217 g/mol. The molecule has 1 atom stereocenters. The number of carbonyl (C=O) groups excluding carboxylic acids is 2. The van der Waals surface area contributed by atoms with E-state index in [2.05, 4.69) is 5.32 Å². The first-order chi connectivity index (χ1) is 6.99. The van der Waals surface area contributed by atoms with E-state index in [1.54, 1.807) is 0 Å². The van der Waals surface area contributed by atoms with Gasteiger partial charge in [-0.25, -0.2) is 0 Å². The van der Waals surface area contributed by atoms with Crippen molar-refractivity contribution in [3.63, 3.8) is 0 Å². The summed E-state index contributed by atoms with van der Waals surface area (Å²) in [6.45, 7) is 0.258. The third-order valence-electron chi connectivity index (χ3n) is 1.87. The largest absolute Gasteiger partial charge is 0.324 e.